The summed E-state index contributed by atoms with van der Waals surface area (Å²) in [6.45, 7) is 6.59. The average Bonchev–Trinajstić information content (AvgIpc) is 2.08. The minimum absolute atomic E-state index is 0.259. The fourth-order valence-electron chi connectivity index (χ4n) is 1.34. The summed E-state index contributed by atoms with van der Waals surface area (Å²) in [5.41, 5.74) is 5.62. The number of hydrogen-bond donors (Lipinski definition) is 2. The molecule has 0 aliphatic heterocycles. The molecule has 15 heavy (non-hydrogen) atoms. The highest BCUT2D eigenvalue weighted by Crippen LogP contribution is 2.07. The minimum Gasteiger partial charge on any atom is -0.330 e. The largest absolute Gasteiger partial charge is 0.330 e. The zero-order chi connectivity index (χ0) is 11.9. The van der Waals surface area contributed by atoms with Gasteiger partial charge in [0.05, 0.1) is 5.75 Å². The van der Waals surface area contributed by atoms with Crippen LogP contribution in [0.4, 0.5) is 0 Å². The summed E-state index contributed by atoms with van der Waals surface area (Å²) >= 11 is 0. The van der Waals surface area contributed by atoms with Crippen molar-refractivity contribution in [3.05, 3.63) is 0 Å². The lowest BCUT2D eigenvalue weighted by Gasteiger charge is -2.19. The maximum absolute atomic E-state index is 10.8. The molecule has 0 aliphatic carbocycles. The molecule has 3 N–H and O–H groups in total. The van der Waals surface area contributed by atoms with E-state index >= 15 is 0 Å². The molecule has 0 aromatic rings. The Morgan fingerprint density at radius 1 is 1.33 bits per heavy atom. The summed E-state index contributed by atoms with van der Waals surface area (Å²) in [7, 11) is -2.81. The summed E-state index contributed by atoms with van der Waals surface area (Å²) in [5.74, 6) is 1.30. The van der Waals surface area contributed by atoms with Crippen LogP contribution in [-0.2, 0) is 9.84 Å². The van der Waals surface area contributed by atoms with Gasteiger partial charge in [-0.2, -0.15) is 0 Å². The lowest BCUT2D eigenvalue weighted by Crippen LogP contribution is -2.32. The second kappa shape index (κ2) is 7.19. The van der Waals surface area contributed by atoms with E-state index in [2.05, 4.69) is 19.2 Å². The van der Waals surface area contributed by atoms with Crippen LogP contribution in [0.2, 0.25) is 0 Å². The number of nitrogens with two attached hydrogens (primary N) is 1. The fraction of sp³-hybridized carbons (Fsp3) is 1.00. The quantitative estimate of drug-likeness (QED) is 0.592. The van der Waals surface area contributed by atoms with E-state index in [4.69, 9.17) is 5.73 Å². The zero-order valence-electron chi connectivity index (χ0n) is 9.99. The second-order valence-electron chi connectivity index (χ2n) is 4.43. The van der Waals surface area contributed by atoms with Crippen molar-refractivity contribution in [2.24, 2.45) is 17.6 Å². The van der Waals surface area contributed by atoms with Crippen molar-refractivity contribution in [3.63, 3.8) is 0 Å². The van der Waals surface area contributed by atoms with Gasteiger partial charge in [-0.15, -0.1) is 0 Å². The molecule has 92 valence electrons. The Bertz CT molecular complexity index is 250. The Morgan fingerprint density at radius 2 is 1.93 bits per heavy atom. The van der Waals surface area contributed by atoms with Crippen LogP contribution in [0.5, 0.6) is 0 Å². The third-order valence-corrected chi connectivity index (χ3v) is 3.55. The van der Waals surface area contributed by atoms with Crippen LogP contribution in [0.15, 0.2) is 0 Å². The molecule has 0 spiro atoms. The first-order valence-electron chi connectivity index (χ1n) is 5.45. The standard InChI is InChI=1S/C10H24N2O2S/c1-9(2)10(7-11)8-12-5-4-6-15(3,13)14/h9-10,12H,4-8,11H2,1-3H3. The average molecular weight is 236 g/mol. The van der Waals surface area contributed by atoms with Crippen molar-refractivity contribution < 1.29 is 8.42 Å². The van der Waals surface area contributed by atoms with E-state index in [1.54, 1.807) is 0 Å². The molecule has 0 radical (unpaired) electrons. The van der Waals surface area contributed by atoms with E-state index in [0.717, 1.165) is 13.1 Å². The third kappa shape index (κ3) is 8.84. The van der Waals surface area contributed by atoms with Gasteiger partial charge in [-0.3, -0.25) is 0 Å². The maximum atomic E-state index is 10.8. The highest BCUT2D eigenvalue weighted by Gasteiger charge is 2.10. The molecule has 0 saturated carbocycles. The van der Waals surface area contributed by atoms with Crippen molar-refractivity contribution in [2.75, 3.05) is 31.6 Å². The summed E-state index contributed by atoms with van der Waals surface area (Å²) in [4.78, 5) is 0. The van der Waals surface area contributed by atoms with E-state index in [0.29, 0.717) is 24.8 Å². The van der Waals surface area contributed by atoms with Crippen molar-refractivity contribution >= 4 is 9.84 Å². The lowest BCUT2D eigenvalue weighted by atomic mass is 9.96. The van der Waals surface area contributed by atoms with Gasteiger partial charge in [0.1, 0.15) is 9.84 Å². The molecule has 0 amide bonds. The Kier molecular flexibility index (Phi) is 7.13. The van der Waals surface area contributed by atoms with Gasteiger partial charge in [-0.25, -0.2) is 8.42 Å². The normalized spacial score (nSPS) is 14.5. The highest BCUT2D eigenvalue weighted by atomic mass is 32.2. The molecule has 0 rings (SSSR count). The first kappa shape index (κ1) is 14.9. The lowest BCUT2D eigenvalue weighted by molar-refractivity contribution is 0.372. The van der Waals surface area contributed by atoms with E-state index in [1.807, 2.05) is 0 Å². The molecule has 4 nitrogen and oxygen atoms in total. The maximum Gasteiger partial charge on any atom is 0.147 e. The van der Waals surface area contributed by atoms with Crippen LogP contribution in [0.1, 0.15) is 20.3 Å². The molecular formula is C10H24N2O2S. The molecule has 0 aromatic heterocycles. The van der Waals surface area contributed by atoms with Crippen LogP contribution in [0, 0.1) is 11.8 Å². The van der Waals surface area contributed by atoms with Crippen LogP contribution in [0.3, 0.4) is 0 Å². The van der Waals surface area contributed by atoms with Crippen molar-refractivity contribution in [1.29, 1.82) is 0 Å². The zero-order valence-corrected chi connectivity index (χ0v) is 10.8. The van der Waals surface area contributed by atoms with E-state index in [-0.39, 0.29) is 5.75 Å². The van der Waals surface area contributed by atoms with Gasteiger partial charge in [-0.05, 0) is 37.9 Å². The Morgan fingerprint density at radius 3 is 2.33 bits per heavy atom. The summed E-state index contributed by atoms with van der Waals surface area (Å²) in [6.07, 6.45) is 1.94. The monoisotopic (exact) mass is 236 g/mol. The summed E-state index contributed by atoms with van der Waals surface area (Å²) in [5, 5.41) is 3.25. The SMILES string of the molecule is CC(C)C(CN)CNCCCS(C)(=O)=O. The molecule has 1 atom stereocenters. The van der Waals surface area contributed by atoms with Crippen LogP contribution < -0.4 is 11.1 Å². The van der Waals surface area contributed by atoms with Crippen molar-refractivity contribution in [1.82, 2.24) is 5.32 Å². The van der Waals surface area contributed by atoms with Gasteiger partial charge < -0.3 is 11.1 Å². The van der Waals surface area contributed by atoms with Gasteiger partial charge >= 0.3 is 0 Å². The number of hydrogen-bond acceptors (Lipinski definition) is 4. The van der Waals surface area contributed by atoms with Gasteiger partial charge in [0.2, 0.25) is 0 Å². The van der Waals surface area contributed by atoms with E-state index in [1.165, 1.54) is 6.26 Å². The second-order valence-corrected chi connectivity index (χ2v) is 6.69. The predicted octanol–water partition coefficient (Wildman–Crippen LogP) is 0.242. The third-order valence-electron chi connectivity index (χ3n) is 2.52. The van der Waals surface area contributed by atoms with Crippen molar-refractivity contribution in [2.45, 2.75) is 20.3 Å². The van der Waals surface area contributed by atoms with Gasteiger partial charge in [0, 0.05) is 6.26 Å². The molecule has 0 fully saturated rings. The first-order chi connectivity index (χ1) is 6.87. The highest BCUT2D eigenvalue weighted by molar-refractivity contribution is 7.90. The van der Waals surface area contributed by atoms with Crippen LogP contribution in [-0.4, -0.2) is 40.1 Å². The number of sulfone groups is 1. The van der Waals surface area contributed by atoms with E-state index in [9.17, 15) is 8.42 Å². The summed E-state index contributed by atoms with van der Waals surface area (Å²) in [6, 6.07) is 0. The molecule has 0 heterocycles. The summed E-state index contributed by atoms with van der Waals surface area (Å²) < 4.78 is 21.7. The minimum atomic E-state index is -2.81. The number of nitrogens with one attached hydrogen (secondary N) is 1. The Hall–Kier alpha value is -0.130. The van der Waals surface area contributed by atoms with Crippen LogP contribution >= 0.6 is 0 Å². The molecule has 1 unspecified atom stereocenters. The van der Waals surface area contributed by atoms with E-state index < -0.39 is 9.84 Å². The van der Waals surface area contributed by atoms with Gasteiger partial charge in [0.15, 0.2) is 0 Å². The van der Waals surface area contributed by atoms with Crippen molar-refractivity contribution in [3.8, 4) is 0 Å². The molecule has 0 bridgehead atoms. The first-order valence-corrected chi connectivity index (χ1v) is 7.51. The molecule has 0 aliphatic rings. The predicted molar refractivity (Wildman–Crippen MR) is 64.6 cm³/mol. The smallest absolute Gasteiger partial charge is 0.147 e. The fourth-order valence-corrected chi connectivity index (χ4v) is 2.01. The molecule has 0 saturated heterocycles. The van der Waals surface area contributed by atoms with Crippen LogP contribution in [0.25, 0.3) is 0 Å². The molecular weight excluding hydrogens is 212 g/mol. The van der Waals surface area contributed by atoms with Gasteiger partial charge in [0.25, 0.3) is 0 Å². The number of rotatable bonds is 8. The Balaban J connectivity index is 3.53. The topological polar surface area (TPSA) is 72.2 Å². The molecule has 0 aromatic carbocycles. The van der Waals surface area contributed by atoms with Gasteiger partial charge in [-0.1, -0.05) is 13.8 Å². The molecule has 5 heteroatoms. The Labute approximate surface area is 93.5 Å².